The van der Waals surface area contributed by atoms with Gasteiger partial charge in [-0.1, -0.05) is 190 Å². The molecule has 0 spiro atoms. The highest BCUT2D eigenvalue weighted by Crippen LogP contribution is 2.13. The van der Waals surface area contributed by atoms with Crippen LogP contribution in [-0.2, 0) is 23.8 Å². The molecule has 0 radical (unpaired) electrons. The van der Waals surface area contributed by atoms with E-state index in [1.165, 1.54) is 116 Å². The van der Waals surface area contributed by atoms with E-state index in [0.29, 0.717) is 19.4 Å². The standard InChI is InChI=1S/C55H96O5/c1-4-7-10-13-16-19-22-25-27-29-32-35-38-41-44-47-50-58-51-53(60-55(57)49-46-43-40-37-34-30-24-21-18-15-12-9-6-3)52-59-54(56)48-45-42-39-36-33-31-28-26-23-20-17-14-11-8-5-2/h12,15-17,19-21,24-28,53H,4-11,13-14,18,22-23,29-52H2,1-3H3/b15-12-,19-16-,20-17-,24-21-,27-25-,28-26-. The molecule has 0 heterocycles. The lowest BCUT2D eigenvalue weighted by Crippen LogP contribution is -2.30. The van der Waals surface area contributed by atoms with Crippen LogP contribution in [-0.4, -0.2) is 37.9 Å². The highest BCUT2D eigenvalue weighted by Gasteiger charge is 2.17. The van der Waals surface area contributed by atoms with Crippen LogP contribution in [0.25, 0.3) is 0 Å². The first-order chi connectivity index (χ1) is 29.6. The maximum absolute atomic E-state index is 12.8. The van der Waals surface area contributed by atoms with Crippen LogP contribution in [0, 0.1) is 0 Å². The van der Waals surface area contributed by atoms with Crippen molar-refractivity contribution in [1.29, 1.82) is 0 Å². The van der Waals surface area contributed by atoms with E-state index in [0.717, 1.165) is 89.9 Å². The smallest absolute Gasteiger partial charge is 0.306 e. The molecule has 5 heteroatoms. The molecule has 0 amide bonds. The van der Waals surface area contributed by atoms with Crippen molar-refractivity contribution in [2.75, 3.05) is 19.8 Å². The second-order valence-electron chi connectivity index (χ2n) is 16.7. The molecule has 0 saturated carbocycles. The molecule has 0 N–H and O–H groups in total. The van der Waals surface area contributed by atoms with Gasteiger partial charge in [0.05, 0.1) is 6.61 Å². The lowest BCUT2D eigenvalue weighted by molar-refractivity contribution is -0.163. The molecule has 0 aliphatic carbocycles. The molecule has 0 aromatic rings. The minimum Gasteiger partial charge on any atom is -0.462 e. The van der Waals surface area contributed by atoms with Gasteiger partial charge in [0.15, 0.2) is 6.10 Å². The first-order valence-electron chi connectivity index (χ1n) is 25.5. The van der Waals surface area contributed by atoms with Gasteiger partial charge in [-0.25, -0.2) is 0 Å². The second kappa shape index (κ2) is 50.7. The number of carbonyl (C=O) groups is 2. The number of allylic oxidation sites excluding steroid dienone is 12. The molecule has 346 valence electrons. The maximum Gasteiger partial charge on any atom is 0.306 e. The Kier molecular flexibility index (Phi) is 48.4. The Morgan fingerprint density at radius 1 is 0.367 bits per heavy atom. The summed E-state index contributed by atoms with van der Waals surface area (Å²) in [4.78, 5) is 25.4. The van der Waals surface area contributed by atoms with Crippen molar-refractivity contribution < 1.29 is 23.8 Å². The quantitative estimate of drug-likeness (QED) is 0.0347. The Balaban J connectivity index is 4.33. The molecule has 0 aromatic heterocycles. The van der Waals surface area contributed by atoms with E-state index < -0.39 is 6.10 Å². The molecular weight excluding hydrogens is 741 g/mol. The molecule has 0 aromatic carbocycles. The number of rotatable bonds is 46. The summed E-state index contributed by atoms with van der Waals surface area (Å²) in [5.41, 5.74) is 0. The van der Waals surface area contributed by atoms with Crippen LogP contribution in [0.3, 0.4) is 0 Å². The van der Waals surface area contributed by atoms with Crippen LogP contribution >= 0.6 is 0 Å². The van der Waals surface area contributed by atoms with Crippen LogP contribution < -0.4 is 0 Å². The van der Waals surface area contributed by atoms with E-state index in [9.17, 15) is 9.59 Å². The van der Waals surface area contributed by atoms with E-state index >= 15 is 0 Å². The number of unbranched alkanes of at least 4 members (excludes halogenated alkanes) is 23. The zero-order valence-electron chi connectivity index (χ0n) is 39.7. The van der Waals surface area contributed by atoms with Gasteiger partial charge in [0.25, 0.3) is 0 Å². The normalized spacial score (nSPS) is 12.8. The van der Waals surface area contributed by atoms with Crippen molar-refractivity contribution >= 4 is 11.9 Å². The molecule has 60 heavy (non-hydrogen) atoms. The van der Waals surface area contributed by atoms with Gasteiger partial charge in [-0.2, -0.15) is 0 Å². The van der Waals surface area contributed by atoms with Crippen LogP contribution in [0.1, 0.15) is 239 Å². The van der Waals surface area contributed by atoms with Crippen molar-refractivity contribution in [3.63, 3.8) is 0 Å². The number of hydrogen-bond acceptors (Lipinski definition) is 5. The number of carbonyl (C=O) groups excluding carboxylic acids is 2. The summed E-state index contributed by atoms with van der Waals surface area (Å²) < 4.78 is 17.4. The highest BCUT2D eigenvalue weighted by molar-refractivity contribution is 5.70. The summed E-state index contributed by atoms with van der Waals surface area (Å²) in [6, 6.07) is 0. The van der Waals surface area contributed by atoms with Crippen LogP contribution in [0.2, 0.25) is 0 Å². The van der Waals surface area contributed by atoms with Gasteiger partial charge in [-0.15, -0.1) is 0 Å². The molecule has 1 atom stereocenters. The molecule has 0 fully saturated rings. The Morgan fingerprint density at radius 2 is 0.733 bits per heavy atom. The average molecular weight is 837 g/mol. The lowest BCUT2D eigenvalue weighted by Gasteiger charge is -2.18. The number of esters is 2. The summed E-state index contributed by atoms with van der Waals surface area (Å²) in [6.45, 7) is 7.67. The Labute approximate surface area is 372 Å². The zero-order chi connectivity index (χ0) is 43.5. The summed E-state index contributed by atoms with van der Waals surface area (Å²) in [5.74, 6) is -0.434. The van der Waals surface area contributed by atoms with E-state index in [2.05, 4.69) is 93.7 Å². The van der Waals surface area contributed by atoms with Gasteiger partial charge < -0.3 is 14.2 Å². The second-order valence-corrected chi connectivity index (χ2v) is 16.7. The van der Waals surface area contributed by atoms with Gasteiger partial charge >= 0.3 is 11.9 Å². The predicted octanol–water partition coefficient (Wildman–Crippen LogP) is 17.1. The van der Waals surface area contributed by atoms with E-state index in [4.69, 9.17) is 14.2 Å². The molecule has 5 nitrogen and oxygen atoms in total. The first kappa shape index (κ1) is 57.3. The maximum atomic E-state index is 12.8. The topological polar surface area (TPSA) is 61.8 Å². The minimum atomic E-state index is -0.556. The van der Waals surface area contributed by atoms with Crippen LogP contribution in [0.15, 0.2) is 72.9 Å². The fourth-order valence-corrected chi connectivity index (χ4v) is 6.84. The average Bonchev–Trinajstić information content (AvgIpc) is 3.25. The van der Waals surface area contributed by atoms with E-state index in [1.807, 2.05) is 0 Å². The molecule has 1 unspecified atom stereocenters. The molecule has 0 aliphatic heterocycles. The van der Waals surface area contributed by atoms with Gasteiger partial charge in [-0.05, 0) is 109 Å². The number of ether oxygens (including phenoxy) is 3. The van der Waals surface area contributed by atoms with Gasteiger partial charge in [0.2, 0.25) is 0 Å². The number of hydrogen-bond donors (Lipinski definition) is 0. The fraction of sp³-hybridized carbons (Fsp3) is 0.745. The largest absolute Gasteiger partial charge is 0.462 e. The Bertz CT molecular complexity index is 1080. The fourth-order valence-electron chi connectivity index (χ4n) is 6.84. The van der Waals surface area contributed by atoms with E-state index in [-0.39, 0.29) is 25.2 Å². The SMILES string of the molecule is CCC/C=C\C/C=C\CCCCCCCC(=O)OC(COCCCCCCCC/C=C\C/C=C\CCCCC)COC(=O)CCCCCCC/C=C\C/C=C\CCCCC. The minimum absolute atomic E-state index is 0.0659. The summed E-state index contributed by atoms with van der Waals surface area (Å²) in [7, 11) is 0. The molecular formula is C55H96O5. The molecule has 0 bridgehead atoms. The summed E-state index contributed by atoms with van der Waals surface area (Å²) in [5, 5.41) is 0. The van der Waals surface area contributed by atoms with Crippen LogP contribution in [0.4, 0.5) is 0 Å². The van der Waals surface area contributed by atoms with Gasteiger partial charge in [0.1, 0.15) is 6.61 Å². The third kappa shape index (κ3) is 48.0. The third-order valence-corrected chi connectivity index (χ3v) is 10.7. The monoisotopic (exact) mass is 837 g/mol. The van der Waals surface area contributed by atoms with Gasteiger partial charge in [-0.3, -0.25) is 9.59 Å². The van der Waals surface area contributed by atoms with E-state index in [1.54, 1.807) is 0 Å². The Hall–Kier alpha value is -2.66. The van der Waals surface area contributed by atoms with Crippen molar-refractivity contribution in [3.8, 4) is 0 Å². The van der Waals surface area contributed by atoms with Gasteiger partial charge in [0, 0.05) is 19.4 Å². The summed E-state index contributed by atoms with van der Waals surface area (Å²) in [6.07, 6.45) is 64.7. The molecule has 0 rings (SSSR count). The summed E-state index contributed by atoms with van der Waals surface area (Å²) >= 11 is 0. The third-order valence-electron chi connectivity index (χ3n) is 10.7. The lowest BCUT2D eigenvalue weighted by atomic mass is 10.1. The van der Waals surface area contributed by atoms with Crippen molar-refractivity contribution in [2.45, 2.75) is 245 Å². The Morgan fingerprint density at radius 3 is 1.17 bits per heavy atom. The first-order valence-corrected chi connectivity index (χ1v) is 25.5. The molecule has 0 aliphatic rings. The highest BCUT2D eigenvalue weighted by atomic mass is 16.6. The molecule has 0 saturated heterocycles. The van der Waals surface area contributed by atoms with Crippen molar-refractivity contribution in [1.82, 2.24) is 0 Å². The van der Waals surface area contributed by atoms with Crippen molar-refractivity contribution in [2.24, 2.45) is 0 Å². The zero-order valence-corrected chi connectivity index (χ0v) is 39.7. The van der Waals surface area contributed by atoms with Crippen molar-refractivity contribution in [3.05, 3.63) is 72.9 Å². The predicted molar refractivity (Wildman–Crippen MR) is 260 cm³/mol. The van der Waals surface area contributed by atoms with Crippen LogP contribution in [0.5, 0.6) is 0 Å².